The molecule has 0 radical (unpaired) electrons. The first-order chi connectivity index (χ1) is 7.61. The minimum atomic E-state index is -0.141. The highest BCUT2D eigenvalue weighted by atomic mass is 35.5. The summed E-state index contributed by atoms with van der Waals surface area (Å²) in [6.45, 7) is 3.54. The van der Waals surface area contributed by atoms with Crippen molar-refractivity contribution in [1.82, 2.24) is 4.98 Å². The van der Waals surface area contributed by atoms with Gasteiger partial charge in [-0.3, -0.25) is 4.79 Å². The molecule has 0 amide bonds. The third-order valence-corrected chi connectivity index (χ3v) is 4.08. The number of carbonyl (C=O) groups excluding carboxylic acids is 1. The third kappa shape index (κ3) is 2.15. The molecule has 1 fully saturated rings. The normalized spacial score (nSPS) is 24.8. The Kier molecular flexibility index (Phi) is 3.35. The van der Waals surface area contributed by atoms with E-state index < -0.39 is 0 Å². The molecule has 1 aromatic rings. The molecule has 2 atom stereocenters. The van der Waals surface area contributed by atoms with Gasteiger partial charge < -0.3 is 9.64 Å². The second kappa shape index (κ2) is 4.59. The van der Waals surface area contributed by atoms with Crippen LogP contribution in [0.15, 0.2) is 5.38 Å². The predicted octanol–water partition coefficient (Wildman–Crippen LogP) is 2.04. The topological polar surface area (TPSA) is 42.4 Å². The standard InChI is InChI=1S/C10H13ClN2O2S/c1-6-3-13(4-7(6)9(14)15-2)10-12-8(11)5-16-10/h5-7H,3-4H2,1-2H3. The van der Waals surface area contributed by atoms with Crippen molar-refractivity contribution >= 4 is 34.0 Å². The van der Waals surface area contributed by atoms with Gasteiger partial charge in [-0.2, -0.15) is 0 Å². The summed E-state index contributed by atoms with van der Waals surface area (Å²) in [7, 11) is 1.43. The van der Waals surface area contributed by atoms with E-state index in [0.717, 1.165) is 11.7 Å². The van der Waals surface area contributed by atoms with Crippen LogP contribution in [0.2, 0.25) is 5.15 Å². The number of carbonyl (C=O) groups is 1. The van der Waals surface area contributed by atoms with Gasteiger partial charge in [-0.1, -0.05) is 18.5 Å². The molecule has 0 saturated carbocycles. The number of ether oxygens (including phenoxy) is 1. The van der Waals surface area contributed by atoms with Gasteiger partial charge in [0.05, 0.1) is 13.0 Å². The number of aromatic nitrogens is 1. The van der Waals surface area contributed by atoms with Crippen molar-refractivity contribution in [3.8, 4) is 0 Å². The van der Waals surface area contributed by atoms with Gasteiger partial charge in [-0.25, -0.2) is 4.98 Å². The summed E-state index contributed by atoms with van der Waals surface area (Å²) in [5.41, 5.74) is 0. The first-order valence-electron chi connectivity index (χ1n) is 5.05. The van der Waals surface area contributed by atoms with Crippen molar-refractivity contribution in [3.05, 3.63) is 10.5 Å². The van der Waals surface area contributed by atoms with E-state index in [0.29, 0.717) is 11.7 Å². The number of anilines is 1. The number of rotatable bonds is 2. The second-order valence-electron chi connectivity index (χ2n) is 3.96. The van der Waals surface area contributed by atoms with Crippen LogP contribution in [-0.4, -0.2) is 31.2 Å². The van der Waals surface area contributed by atoms with Crippen molar-refractivity contribution in [1.29, 1.82) is 0 Å². The van der Waals surface area contributed by atoms with Crippen LogP contribution in [0.4, 0.5) is 5.13 Å². The Morgan fingerprint density at radius 3 is 3.00 bits per heavy atom. The lowest BCUT2D eigenvalue weighted by atomic mass is 9.99. The van der Waals surface area contributed by atoms with Crippen molar-refractivity contribution in [3.63, 3.8) is 0 Å². The van der Waals surface area contributed by atoms with Crippen LogP contribution < -0.4 is 4.90 Å². The molecule has 1 aliphatic rings. The highest BCUT2D eigenvalue weighted by Crippen LogP contribution is 2.31. The number of thiazole rings is 1. The highest BCUT2D eigenvalue weighted by molar-refractivity contribution is 7.14. The van der Waals surface area contributed by atoms with Gasteiger partial charge in [0.2, 0.25) is 0 Å². The number of nitrogens with zero attached hydrogens (tertiary/aromatic N) is 2. The van der Waals surface area contributed by atoms with E-state index in [2.05, 4.69) is 16.8 Å². The Hall–Kier alpha value is -0.810. The fraction of sp³-hybridized carbons (Fsp3) is 0.600. The molecule has 0 N–H and O–H groups in total. The lowest BCUT2D eigenvalue weighted by molar-refractivity contribution is -0.145. The predicted molar refractivity (Wildman–Crippen MR) is 64.0 cm³/mol. The van der Waals surface area contributed by atoms with E-state index in [4.69, 9.17) is 16.3 Å². The summed E-state index contributed by atoms with van der Waals surface area (Å²) >= 11 is 7.28. The minimum absolute atomic E-state index is 0.0623. The van der Waals surface area contributed by atoms with E-state index >= 15 is 0 Å². The first kappa shape index (κ1) is 11.7. The smallest absolute Gasteiger partial charge is 0.310 e. The molecule has 16 heavy (non-hydrogen) atoms. The fourth-order valence-electron chi connectivity index (χ4n) is 1.97. The van der Waals surface area contributed by atoms with Gasteiger partial charge in [0.15, 0.2) is 5.13 Å². The fourth-order valence-corrected chi connectivity index (χ4v) is 2.94. The Bertz CT molecular complexity index is 396. The van der Waals surface area contributed by atoms with Gasteiger partial charge in [0, 0.05) is 18.5 Å². The molecule has 2 heterocycles. The van der Waals surface area contributed by atoms with E-state index in [1.807, 2.05) is 0 Å². The minimum Gasteiger partial charge on any atom is -0.469 e. The average Bonchev–Trinajstić information content (AvgIpc) is 2.83. The molecule has 4 nitrogen and oxygen atoms in total. The largest absolute Gasteiger partial charge is 0.469 e. The van der Waals surface area contributed by atoms with Crippen molar-refractivity contribution in [2.75, 3.05) is 25.1 Å². The molecule has 0 spiro atoms. The molecule has 1 aromatic heterocycles. The quantitative estimate of drug-likeness (QED) is 0.764. The SMILES string of the molecule is COC(=O)C1CN(c2nc(Cl)cs2)CC1C. The van der Waals surface area contributed by atoms with Crippen LogP contribution in [0.1, 0.15) is 6.92 Å². The molecule has 6 heteroatoms. The summed E-state index contributed by atoms with van der Waals surface area (Å²) in [5.74, 6) is 0.0838. The van der Waals surface area contributed by atoms with Crippen LogP contribution in [0, 0.1) is 11.8 Å². The first-order valence-corrected chi connectivity index (χ1v) is 6.31. The maximum atomic E-state index is 11.5. The summed E-state index contributed by atoms with van der Waals surface area (Å²) < 4.78 is 4.79. The van der Waals surface area contributed by atoms with E-state index in [1.54, 1.807) is 5.38 Å². The molecule has 1 aliphatic heterocycles. The number of hydrogen-bond acceptors (Lipinski definition) is 5. The Morgan fingerprint density at radius 2 is 2.44 bits per heavy atom. The number of methoxy groups -OCH3 is 1. The lowest BCUT2D eigenvalue weighted by Gasteiger charge is -2.13. The van der Waals surface area contributed by atoms with E-state index in [-0.39, 0.29) is 17.8 Å². The average molecular weight is 261 g/mol. The molecular formula is C10H13ClN2O2S. The Morgan fingerprint density at radius 1 is 1.69 bits per heavy atom. The Labute approximate surface area is 103 Å². The van der Waals surface area contributed by atoms with Gasteiger partial charge >= 0.3 is 5.97 Å². The number of esters is 1. The zero-order valence-electron chi connectivity index (χ0n) is 9.14. The highest BCUT2D eigenvalue weighted by Gasteiger charge is 2.36. The molecule has 88 valence electrons. The summed E-state index contributed by atoms with van der Waals surface area (Å²) in [6, 6.07) is 0. The molecule has 2 rings (SSSR count). The molecular weight excluding hydrogens is 248 g/mol. The van der Waals surface area contributed by atoms with Gasteiger partial charge in [-0.15, -0.1) is 11.3 Å². The molecule has 0 bridgehead atoms. The van der Waals surface area contributed by atoms with Crippen molar-refractivity contribution < 1.29 is 9.53 Å². The van der Waals surface area contributed by atoms with Crippen LogP contribution in [0.5, 0.6) is 0 Å². The maximum Gasteiger partial charge on any atom is 0.310 e. The summed E-state index contributed by atoms with van der Waals surface area (Å²) in [4.78, 5) is 17.8. The van der Waals surface area contributed by atoms with Crippen LogP contribution in [-0.2, 0) is 9.53 Å². The van der Waals surface area contributed by atoms with Crippen molar-refractivity contribution in [2.45, 2.75) is 6.92 Å². The van der Waals surface area contributed by atoms with Crippen molar-refractivity contribution in [2.24, 2.45) is 11.8 Å². The van der Waals surface area contributed by atoms with Gasteiger partial charge in [0.1, 0.15) is 5.15 Å². The molecule has 2 unspecified atom stereocenters. The Balaban J connectivity index is 2.09. The lowest BCUT2D eigenvalue weighted by Crippen LogP contribution is -2.24. The summed E-state index contributed by atoms with van der Waals surface area (Å²) in [6.07, 6.45) is 0. The maximum absolute atomic E-state index is 11.5. The van der Waals surface area contributed by atoms with Crippen LogP contribution in [0.25, 0.3) is 0 Å². The monoisotopic (exact) mass is 260 g/mol. The van der Waals surface area contributed by atoms with Crippen LogP contribution in [0.3, 0.4) is 0 Å². The van der Waals surface area contributed by atoms with Gasteiger partial charge in [-0.05, 0) is 5.92 Å². The number of hydrogen-bond donors (Lipinski definition) is 0. The molecule has 0 aliphatic carbocycles. The third-order valence-electron chi connectivity index (χ3n) is 2.85. The second-order valence-corrected chi connectivity index (χ2v) is 5.19. The zero-order chi connectivity index (χ0) is 11.7. The summed E-state index contributed by atoms with van der Waals surface area (Å²) in [5, 5.41) is 3.19. The molecule has 1 saturated heterocycles. The zero-order valence-corrected chi connectivity index (χ0v) is 10.7. The molecule has 0 aromatic carbocycles. The van der Waals surface area contributed by atoms with E-state index in [1.165, 1.54) is 18.4 Å². The van der Waals surface area contributed by atoms with E-state index in [9.17, 15) is 4.79 Å². The van der Waals surface area contributed by atoms with Gasteiger partial charge in [0.25, 0.3) is 0 Å². The van der Waals surface area contributed by atoms with Crippen LogP contribution >= 0.6 is 22.9 Å². The number of halogens is 1.